The number of para-hydroxylation sites is 2. The summed E-state index contributed by atoms with van der Waals surface area (Å²) in [6, 6.07) is 10.7. The molecule has 1 atom stereocenters. The molecule has 2 aromatic rings. The van der Waals surface area contributed by atoms with Gasteiger partial charge in [-0.25, -0.2) is 0 Å². The SMILES string of the molecule is CCCNC(=O)[C@@H]1CN(C(=O)/C=C/c2ccco2)c2ccccc2O1. The van der Waals surface area contributed by atoms with Crippen LogP contribution in [0.25, 0.3) is 6.08 Å². The summed E-state index contributed by atoms with van der Waals surface area (Å²) in [7, 11) is 0. The molecule has 1 aromatic heterocycles. The molecule has 1 aromatic carbocycles. The van der Waals surface area contributed by atoms with Crippen molar-refractivity contribution in [2.45, 2.75) is 19.4 Å². The fourth-order valence-corrected chi connectivity index (χ4v) is 2.57. The first kappa shape index (κ1) is 16.8. The number of hydrogen-bond donors (Lipinski definition) is 1. The molecule has 0 unspecified atom stereocenters. The summed E-state index contributed by atoms with van der Waals surface area (Å²) < 4.78 is 11.0. The van der Waals surface area contributed by atoms with Gasteiger partial charge < -0.3 is 19.4 Å². The van der Waals surface area contributed by atoms with Crippen molar-refractivity contribution in [3.05, 3.63) is 54.5 Å². The summed E-state index contributed by atoms with van der Waals surface area (Å²) in [6.45, 7) is 2.72. The van der Waals surface area contributed by atoms with Gasteiger partial charge >= 0.3 is 0 Å². The summed E-state index contributed by atoms with van der Waals surface area (Å²) in [6.07, 6.45) is 4.68. The van der Waals surface area contributed by atoms with Crippen molar-refractivity contribution in [2.24, 2.45) is 0 Å². The number of furan rings is 1. The number of hydrogen-bond acceptors (Lipinski definition) is 4. The largest absolute Gasteiger partial charge is 0.477 e. The Balaban J connectivity index is 1.81. The molecule has 0 radical (unpaired) electrons. The van der Waals surface area contributed by atoms with Crippen LogP contribution in [0.1, 0.15) is 19.1 Å². The molecule has 25 heavy (non-hydrogen) atoms. The van der Waals surface area contributed by atoms with Crippen molar-refractivity contribution >= 4 is 23.6 Å². The second-order valence-corrected chi connectivity index (χ2v) is 5.66. The second kappa shape index (κ2) is 7.70. The minimum absolute atomic E-state index is 0.161. The Labute approximate surface area is 146 Å². The third kappa shape index (κ3) is 3.91. The number of benzene rings is 1. The van der Waals surface area contributed by atoms with Crippen LogP contribution < -0.4 is 15.0 Å². The Morgan fingerprint density at radius 1 is 1.28 bits per heavy atom. The Morgan fingerprint density at radius 3 is 2.88 bits per heavy atom. The minimum Gasteiger partial charge on any atom is -0.477 e. The molecule has 1 aliphatic rings. The first-order valence-corrected chi connectivity index (χ1v) is 8.25. The standard InChI is InChI=1S/C19H20N2O4/c1-2-11-20-19(23)17-13-21(15-7-3-4-8-16(15)25-17)18(22)10-9-14-6-5-12-24-14/h3-10,12,17H,2,11,13H2,1H3,(H,20,23)/b10-9+/t17-/m0/s1. The predicted molar refractivity (Wildman–Crippen MR) is 94.3 cm³/mol. The zero-order valence-corrected chi connectivity index (χ0v) is 14.0. The average molecular weight is 340 g/mol. The van der Waals surface area contributed by atoms with E-state index in [-0.39, 0.29) is 18.4 Å². The van der Waals surface area contributed by atoms with E-state index in [1.807, 2.05) is 19.1 Å². The monoisotopic (exact) mass is 340 g/mol. The van der Waals surface area contributed by atoms with E-state index in [1.54, 1.807) is 41.5 Å². The lowest BCUT2D eigenvalue weighted by Crippen LogP contribution is -2.50. The zero-order chi connectivity index (χ0) is 17.6. The smallest absolute Gasteiger partial charge is 0.262 e. The van der Waals surface area contributed by atoms with Gasteiger partial charge in [0.2, 0.25) is 0 Å². The summed E-state index contributed by atoms with van der Waals surface area (Å²) >= 11 is 0. The van der Waals surface area contributed by atoms with Crippen LogP contribution in [0.15, 0.2) is 53.2 Å². The van der Waals surface area contributed by atoms with Crippen molar-refractivity contribution in [1.29, 1.82) is 0 Å². The molecule has 0 saturated heterocycles. The Kier molecular flexibility index (Phi) is 5.18. The molecule has 6 nitrogen and oxygen atoms in total. The maximum absolute atomic E-state index is 12.6. The highest BCUT2D eigenvalue weighted by atomic mass is 16.5. The number of amides is 2. The van der Waals surface area contributed by atoms with Gasteiger partial charge in [-0.05, 0) is 36.8 Å². The van der Waals surface area contributed by atoms with Crippen LogP contribution in [0, 0.1) is 0 Å². The second-order valence-electron chi connectivity index (χ2n) is 5.66. The number of nitrogens with zero attached hydrogens (tertiary/aromatic N) is 1. The van der Waals surface area contributed by atoms with Crippen LogP contribution in [-0.2, 0) is 9.59 Å². The molecule has 1 N–H and O–H groups in total. The van der Waals surface area contributed by atoms with Crippen LogP contribution >= 0.6 is 0 Å². The normalized spacial score (nSPS) is 16.4. The molecule has 1 aliphatic heterocycles. The van der Waals surface area contributed by atoms with Gasteiger partial charge in [-0.3, -0.25) is 9.59 Å². The summed E-state index contributed by atoms with van der Waals surface area (Å²) in [5.41, 5.74) is 0.649. The van der Waals surface area contributed by atoms with Crippen LogP contribution in [0.4, 0.5) is 5.69 Å². The Bertz CT molecular complexity index is 767. The fraction of sp³-hybridized carbons (Fsp3) is 0.263. The molecule has 0 aliphatic carbocycles. The lowest BCUT2D eigenvalue weighted by molar-refractivity contribution is -0.128. The number of carbonyl (C=O) groups is 2. The lowest BCUT2D eigenvalue weighted by Gasteiger charge is -2.33. The van der Waals surface area contributed by atoms with Crippen LogP contribution in [-0.4, -0.2) is 31.0 Å². The molecule has 2 heterocycles. The average Bonchev–Trinajstić information content (AvgIpc) is 3.16. The van der Waals surface area contributed by atoms with Crippen molar-refractivity contribution < 1.29 is 18.7 Å². The lowest BCUT2D eigenvalue weighted by atomic mass is 10.1. The zero-order valence-electron chi connectivity index (χ0n) is 14.0. The van der Waals surface area contributed by atoms with Crippen molar-refractivity contribution in [1.82, 2.24) is 5.32 Å². The van der Waals surface area contributed by atoms with E-state index < -0.39 is 6.10 Å². The molecule has 0 saturated carbocycles. The van der Waals surface area contributed by atoms with E-state index in [4.69, 9.17) is 9.15 Å². The number of carbonyl (C=O) groups excluding carboxylic acids is 2. The highest BCUT2D eigenvalue weighted by molar-refractivity contribution is 6.05. The van der Waals surface area contributed by atoms with Crippen molar-refractivity contribution in [2.75, 3.05) is 18.0 Å². The van der Waals surface area contributed by atoms with E-state index in [0.29, 0.717) is 23.7 Å². The van der Waals surface area contributed by atoms with E-state index in [1.165, 1.54) is 6.08 Å². The summed E-state index contributed by atoms with van der Waals surface area (Å²) in [5, 5.41) is 2.81. The van der Waals surface area contributed by atoms with Crippen molar-refractivity contribution in [3.8, 4) is 5.75 Å². The van der Waals surface area contributed by atoms with Gasteiger partial charge in [-0.1, -0.05) is 19.1 Å². The van der Waals surface area contributed by atoms with Gasteiger partial charge in [0.1, 0.15) is 11.5 Å². The summed E-state index contributed by atoms with van der Waals surface area (Å²) in [4.78, 5) is 26.5. The molecule has 130 valence electrons. The third-order valence-corrected chi connectivity index (χ3v) is 3.81. The number of fused-ring (bicyclic) bond motifs is 1. The molecule has 0 bridgehead atoms. The first-order valence-electron chi connectivity index (χ1n) is 8.25. The van der Waals surface area contributed by atoms with E-state index in [0.717, 1.165) is 6.42 Å². The van der Waals surface area contributed by atoms with E-state index >= 15 is 0 Å². The van der Waals surface area contributed by atoms with Crippen molar-refractivity contribution in [3.63, 3.8) is 0 Å². The molecule has 0 spiro atoms. The van der Waals surface area contributed by atoms with Gasteiger partial charge in [-0.2, -0.15) is 0 Å². The Morgan fingerprint density at radius 2 is 2.12 bits per heavy atom. The highest BCUT2D eigenvalue weighted by Crippen LogP contribution is 2.33. The van der Waals surface area contributed by atoms with Gasteiger partial charge in [-0.15, -0.1) is 0 Å². The fourth-order valence-electron chi connectivity index (χ4n) is 2.57. The van der Waals surface area contributed by atoms with Gasteiger partial charge in [0.15, 0.2) is 6.10 Å². The number of nitrogens with one attached hydrogen (secondary N) is 1. The van der Waals surface area contributed by atoms with E-state index in [2.05, 4.69) is 5.32 Å². The van der Waals surface area contributed by atoms with Gasteiger partial charge in [0.25, 0.3) is 11.8 Å². The minimum atomic E-state index is -0.734. The maximum Gasteiger partial charge on any atom is 0.262 e. The van der Waals surface area contributed by atoms with Crippen LogP contribution in [0.3, 0.4) is 0 Å². The summed E-state index contributed by atoms with van der Waals surface area (Å²) in [5.74, 6) is 0.655. The molecule has 2 amide bonds. The quantitative estimate of drug-likeness (QED) is 0.849. The molecule has 6 heteroatoms. The maximum atomic E-state index is 12.6. The van der Waals surface area contributed by atoms with Crippen LogP contribution in [0.5, 0.6) is 5.75 Å². The highest BCUT2D eigenvalue weighted by Gasteiger charge is 2.32. The van der Waals surface area contributed by atoms with Gasteiger partial charge in [0.05, 0.1) is 18.5 Å². The van der Waals surface area contributed by atoms with Crippen LogP contribution in [0.2, 0.25) is 0 Å². The molecular formula is C19H20N2O4. The van der Waals surface area contributed by atoms with Gasteiger partial charge in [0, 0.05) is 12.6 Å². The number of ether oxygens (including phenoxy) is 1. The number of rotatable bonds is 5. The number of anilines is 1. The predicted octanol–water partition coefficient (Wildman–Crippen LogP) is 2.61. The van der Waals surface area contributed by atoms with E-state index in [9.17, 15) is 9.59 Å². The molecule has 3 rings (SSSR count). The Hall–Kier alpha value is -3.02. The third-order valence-electron chi connectivity index (χ3n) is 3.81. The molecule has 0 fully saturated rings. The molecular weight excluding hydrogens is 320 g/mol. The topological polar surface area (TPSA) is 71.8 Å². The first-order chi connectivity index (χ1) is 12.2.